The van der Waals surface area contributed by atoms with E-state index in [-0.39, 0.29) is 23.8 Å². The smallest absolute Gasteiger partial charge is 0.273 e. The van der Waals surface area contributed by atoms with Crippen molar-refractivity contribution in [2.45, 2.75) is 44.6 Å². The maximum absolute atomic E-state index is 13.4. The second kappa shape index (κ2) is 10.8. The van der Waals surface area contributed by atoms with Gasteiger partial charge in [-0.2, -0.15) is 5.10 Å². The molecule has 12 heteroatoms. The Morgan fingerprint density at radius 2 is 1.89 bits per heavy atom. The summed E-state index contributed by atoms with van der Waals surface area (Å²) in [6, 6.07) is 1.75. The van der Waals surface area contributed by atoms with Gasteiger partial charge in [0.15, 0.2) is 16.5 Å². The van der Waals surface area contributed by atoms with E-state index in [0.717, 1.165) is 24.1 Å². The number of aryl methyl sites for hydroxylation is 1. The third-order valence-corrected chi connectivity index (χ3v) is 7.90. The molecule has 4 heterocycles. The van der Waals surface area contributed by atoms with Crippen LogP contribution in [0.5, 0.6) is 0 Å². The van der Waals surface area contributed by atoms with Crippen molar-refractivity contribution < 1.29 is 14.4 Å². The van der Waals surface area contributed by atoms with Crippen molar-refractivity contribution in [3.8, 4) is 10.8 Å². The summed E-state index contributed by atoms with van der Waals surface area (Å²) in [5, 5.41) is 9.75. The van der Waals surface area contributed by atoms with E-state index < -0.39 is 0 Å². The minimum absolute atomic E-state index is 0.0206. The average Bonchev–Trinajstić information content (AvgIpc) is 3.54. The molecule has 0 spiro atoms. The molecule has 3 amide bonds. The number of rotatable bonds is 2. The van der Waals surface area contributed by atoms with E-state index in [4.69, 9.17) is 0 Å². The summed E-state index contributed by atoms with van der Waals surface area (Å²) in [7, 11) is 3.69. The number of carbonyl (C=O) groups is 3. The lowest BCUT2D eigenvalue weighted by Gasteiger charge is -2.32. The summed E-state index contributed by atoms with van der Waals surface area (Å²) < 4.78 is 1.79. The van der Waals surface area contributed by atoms with Crippen LogP contribution in [0, 0.1) is 0 Å². The molecule has 0 radical (unpaired) electrons. The summed E-state index contributed by atoms with van der Waals surface area (Å²) in [6.07, 6.45) is 6.97. The van der Waals surface area contributed by atoms with Crippen molar-refractivity contribution in [3.63, 3.8) is 0 Å². The molecule has 3 aromatic heterocycles. The second-order valence-electron chi connectivity index (χ2n) is 9.41. The molecule has 2 bridgehead atoms. The fourth-order valence-corrected chi connectivity index (χ4v) is 5.74. The van der Waals surface area contributed by atoms with Crippen molar-refractivity contribution in [2.24, 2.45) is 7.05 Å². The van der Waals surface area contributed by atoms with Crippen LogP contribution in [0.25, 0.3) is 10.8 Å². The van der Waals surface area contributed by atoms with Crippen molar-refractivity contribution in [1.29, 1.82) is 0 Å². The Bertz CT molecular complexity index is 1300. The van der Waals surface area contributed by atoms with E-state index in [2.05, 4.69) is 25.4 Å². The molecule has 0 saturated heterocycles. The fraction of sp³-hybridized carbons (Fsp3) is 0.480. The molecule has 1 N–H and O–H groups in total. The van der Waals surface area contributed by atoms with Crippen LogP contribution in [0.15, 0.2) is 23.8 Å². The Hall–Kier alpha value is -3.67. The first-order valence-corrected chi connectivity index (χ1v) is 13.4. The van der Waals surface area contributed by atoms with Crippen LogP contribution in [0.3, 0.4) is 0 Å². The summed E-state index contributed by atoms with van der Waals surface area (Å²) in [6.45, 7) is 1.27. The molecule has 194 valence electrons. The molecule has 1 aliphatic heterocycles. The number of amides is 3. The minimum Gasteiger partial charge on any atom is -0.351 e. The van der Waals surface area contributed by atoms with Gasteiger partial charge in [0.05, 0.1) is 0 Å². The lowest BCUT2D eigenvalue weighted by Crippen LogP contribution is -2.41. The van der Waals surface area contributed by atoms with Crippen molar-refractivity contribution in [2.75, 3.05) is 26.7 Å². The number of fused-ring (bicyclic) bond motifs is 1. The number of nitrogens with one attached hydrogen (secondary N) is 1. The number of nitrogens with zero attached hydrogens (tertiary/aromatic N) is 7. The fourth-order valence-electron chi connectivity index (χ4n) is 5.00. The Balaban J connectivity index is 1.33. The van der Waals surface area contributed by atoms with E-state index in [1.807, 2.05) is 14.1 Å². The van der Waals surface area contributed by atoms with Crippen molar-refractivity contribution in [1.82, 2.24) is 39.8 Å². The van der Waals surface area contributed by atoms with Crippen LogP contribution in [0.1, 0.15) is 57.9 Å². The first-order chi connectivity index (χ1) is 17.9. The minimum atomic E-state index is -0.216. The lowest BCUT2D eigenvalue weighted by atomic mass is 9.90. The van der Waals surface area contributed by atoms with Crippen LogP contribution < -0.4 is 5.32 Å². The Labute approximate surface area is 218 Å². The van der Waals surface area contributed by atoms with E-state index in [9.17, 15) is 14.4 Å². The van der Waals surface area contributed by atoms with E-state index >= 15 is 0 Å². The number of hydrogen-bond acceptors (Lipinski definition) is 8. The topological polar surface area (TPSA) is 126 Å². The van der Waals surface area contributed by atoms with Crippen LogP contribution >= 0.6 is 11.3 Å². The van der Waals surface area contributed by atoms with Gasteiger partial charge in [0, 0.05) is 75.2 Å². The lowest BCUT2D eigenvalue weighted by molar-refractivity contribution is -0.132. The van der Waals surface area contributed by atoms with Crippen molar-refractivity contribution >= 4 is 29.1 Å². The predicted octanol–water partition coefficient (Wildman–Crippen LogP) is 1.71. The second-order valence-corrected chi connectivity index (χ2v) is 10.3. The zero-order valence-electron chi connectivity index (χ0n) is 21.0. The molecule has 37 heavy (non-hydrogen) atoms. The van der Waals surface area contributed by atoms with E-state index in [1.165, 1.54) is 11.3 Å². The number of carbonyl (C=O) groups excluding carboxylic acids is 3. The maximum Gasteiger partial charge on any atom is 0.273 e. The first kappa shape index (κ1) is 25.0. The number of thiazole rings is 1. The largest absolute Gasteiger partial charge is 0.351 e. The molecule has 2 aliphatic rings. The third kappa shape index (κ3) is 5.24. The SMILES string of the molecule is CN1C(=O)CCCN(C(=O)c2csc(-c3ncccn3)n2)CCCNC(=O)c2nn(C)c3c2CC1CC3. The molecular formula is C25H30N8O3S. The van der Waals surface area contributed by atoms with Gasteiger partial charge in [0.2, 0.25) is 5.91 Å². The molecule has 1 aliphatic carbocycles. The quantitative estimate of drug-likeness (QED) is 0.543. The molecule has 5 rings (SSSR count). The van der Waals surface area contributed by atoms with Gasteiger partial charge in [-0.15, -0.1) is 11.3 Å². The van der Waals surface area contributed by atoms with Gasteiger partial charge in [-0.1, -0.05) is 0 Å². The summed E-state index contributed by atoms with van der Waals surface area (Å²) in [5.74, 6) is 0.0975. The molecule has 3 aromatic rings. The Morgan fingerprint density at radius 1 is 1.11 bits per heavy atom. The summed E-state index contributed by atoms with van der Waals surface area (Å²) in [4.78, 5) is 55.8. The van der Waals surface area contributed by atoms with E-state index in [1.54, 1.807) is 38.3 Å². The molecule has 1 unspecified atom stereocenters. The van der Waals surface area contributed by atoms with Gasteiger partial charge in [-0.05, 0) is 38.2 Å². The number of likely N-dealkylation sites (N-methyl/N-ethyl adjacent to an activating group) is 1. The van der Waals surface area contributed by atoms with Gasteiger partial charge < -0.3 is 15.1 Å². The highest BCUT2D eigenvalue weighted by molar-refractivity contribution is 7.13. The highest BCUT2D eigenvalue weighted by Gasteiger charge is 2.32. The normalized spacial score (nSPS) is 19.2. The molecule has 0 fully saturated rings. The number of aromatic nitrogens is 5. The monoisotopic (exact) mass is 522 g/mol. The average molecular weight is 523 g/mol. The van der Waals surface area contributed by atoms with E-state index in [0.29, 0.717) is 67.5 Å². The highest BCUT2D eigenvalue weighted by Crippen LogP contribution is 2.27. The van der Waals surface area contributed by atoms with Crippen LogP contribution in [0.4, 0.5) is 0 Å². The van der Waals surface area contributed by atoms with Gasteiger partial charge in [-0.25, -0.2) is 15.0 Å². The zero-order chi connectivity index (χ0) is 25.9. The molecular weight excluding hydrogens is 492 g/mol. The summed E-state index contributed by atoms with van der Waals surface area (Å²) >= 11 is 1.32. The third-order valence-electron chi connectivity index (χ3n) is 7.06. The van der Waals surface area contributed by atoms with Crippen LogP contribution in [0.2, 0.25) is 0 Å². The molecule has 0 aromatic carbocycles. The van der Waals surface area contributed by atoms with Crippen LogP contribution in [-0.2, 0) is 24.7 Å². The highest BCUT2D eigenvalue weighted by atomic mass is 32.1. The van der Waals surface area contributed by atoms with Gasteiger partial charge in [0.25, 0.3) is 11.8 Å². The molecule has 11 nitrogen and oxygen atoms in total. The Morgan fingerprint density at radius 3 is 2.70 bits per heavy atom. The van der Waals surface area contributed by atoms with Crippen molar-refractivity contribution in [3.05, 3.63) is 46.5 Å². The van der Waals surface area contributed by atoms with Crippen LogP contribution in [-0.4, -0.2) is 85.0 Å². The first-order valence-electron chi connectivity index (χ1n) is 12.5. The summed E-state index contributed by atoms with van der Waals surface area (Å²) in [5.41, 5.74) is 2.76. The number of hydrogen-bond donors (Lipinski definition) is 1. The predicted molar refractivity (Wildman–Crippen MR) is 137 cm³/mol. The zero-order valence-corrected chi connectivity index (χ0v) is 21.8. The molecule has 0 saturated carbocycles. The molecule has 1 atom stereocenters. The Kier molecular flexibility index (Phi) is 7.26. The van der Waals surface area contributed by atoms with Gasteiger partial charge in [0.1, 0.15) is 5.69 Å². The maximum atomic E-state index is 13.4. The standard InChI is InChI=1S/C25H30N8O3S/c1-31-16-7-8-19-17(14-16)21(30-32(19)2)23(35)28-11-5-13-33(12-3-6-20(31)34)25(36)18-15-37-24(29-18)22-26-9-4-10-27-22/h4,9-10,15-16H,3,5-8,11-14H2,1-2H3,(H,28,35). The van der Waals surface area contributed by atoms with Gasteiger partial charge >= 0.3 is 0 Å². The van der Waals surface area contributed by atoms with Gasteiger partial charge in [-0.3, -0.25) is 19.1 Å².